The second-order valence-corrected chi connectivity index (χ2v) is 4.93. The van der Waals surface area contributed by atoms with E-state index >= 15 is 0 Å². The topological polar surface area (TPSA) is 55.3 Å². The molecule has 1 saturated heterocycles. The minimum atomic E-state index is 0.687. The number of fused-ring (bicyclic) bond motifs is 1. The molecule has 3 rings (SSSR count). The van der Waals surface area contributed by atoms with E-state index in [2.05, 4.69) is 16.8 Å². The normalized spacial score (nSPS) is 21.4. The molecule has 90 valence electrons. The van der Waals surface area contributed by atoms with Crippen molar-refractivity contribution in [3.63, 3.8) is 0 Å². The van der Waals surface area contributed by atoms with Gasteiger partial charge in [0.25, 0.3) is 0 Å². The zero-order valence-electron chi connectivity index (χ0n) is 10.0. The molecule has 1 fully saturated rings. The average molecular weight is 231 g/mol. The summed E-state index contributed by atoms with van der Waals surface area (Å²) in [6.07, 6.45) is 1.27. The molecule has 2 aromatic rings. The van der Waals surface area contributed by atoms with Gasteiger partial charge in [0.2, 0.25) is 5.89 Å². The first kappa shape index (κ1) is 10.6. The summed E-state index contributed by atoms with van der Waals surface area (Å²) in [6.45, 7) is 5.34. The lowest BCUT2D eigenvalue weighted by Crippen LogP contribution is -2.19. The van der Waals surface area contributed by atoms with Gasteiger partial charge in [0.05, 0.1) is 12.2 Å². The molecular formula is C13H17N3O. The summed E-state index contributed by atoms with van der Waals surface area (Å²) in [4.78, 5) is 6.85. The van der Waals surface area contributed by atoms with Gasteiger partial charge in [0, 0.05) is 6.54 Å². The van der Waals surface area contributed by atoms with Crippen LogP contribution in [-0.2, 0) is 6.54 Å². The van der Waals surface area contributed by atoms with E-state index in [1.165, 1.54) is 6.42 Å². The predicted molar refractivity (Wildman–Crippen MR) is 67.5 cm³/mol. The lowest BCUT2D eigenvalue weighted by Gasteiger charge is -2.11. The summed E-state index contributed by atoms with van der Waals surface area (Å²) in [5.41, 5.74) is 8.12. The number of nitrogens with zero attached hydrogens (tertiary/aromatic N) is 2. The molecule has 1 aromatic heterocycles. The molecule has 1 aliphatic rings. The SMILES string of the molecule is CC1CCN(Cc2nc3c(N)cccc3o2)C1. The monoisotopic (exact) mass is 231 g/mol. The molecule has 1 unspecified atom stereocenters. The summed E-state index contributed by atoms with van der Waals surface area (Å²) in [6, 6.07) is 5.66. The zero-order valence-corrected chi connectivity index (χ0v) is 10.0. The van der Waals surface area contributed by atoms with Gasteiger partial charge in [0.1, 0.15) is 5.52 Å². The Bertz CT molecular complexity index is 534. The number of anilines is 1. The second kappa shape index (κ2) is 4.04. The maximum Gasteiger partial charge on any atom is 0.209 e. The minimum Gasteiger partial charge on any atom is -0.439 e. The average Bonchev–Trinajstić information content (AvgIpc) is 2.86. The van der Waals surface area contributed by atoms with Crippen LogP contribution < -0.4 is 5.73 Å². The smallest absolute Gasteiger partial charge is 0.209 e. The van der Waals surface area contributed by atoms with Gasteiger partial charge in [-0.15, -0.1) is 0 Å². The lowest BCUT2D eigenvalue weighted by molar-refractivity contribution is 0.287. The van der Waals surface area contributed by atoms with Crippen LogP contribution in [0.25, 0.3) is 11.1 Å². The summed E-state index contributed by atoms with van der Waals surface area (Å²) >= 11 is 0. The van der Waals surface area contributed by atoms with E-state index in [1.54, 1.807) is 0 Å². The number of hydrogen-bond donors (Lipinski definition) is 1. The zero-order chi connectivity index (χ0) is 11.8. The number of nitrogen functional groups attached to an aromatic ring is 1. The molecule has 0 aliphatic carbocycles. The van der Waals surface area contributed by atoms with Crippen LogP contribution in [0, 0.1) is 5.92 Å². The van der Waals surface area contributed by atoms with E-state index in [9.17, 15) is 0 Å². The molecule has 17 heavy (non-hydrogen) atoms. The Hall–Kier alpha value is -1.55. The van der Waals surface area contributed by atoms with E-state index < -0.39 is 0 Å². The molecule has 0 saturated carbocycles. The van der Waals surface area contributed by atoms with Gasteiger partial charge in [-0.2, -0.15) is 0 Å². The van der Waals surface area contributed by atoms with Crippen molar-refractivity contribution in [2.24, 2.45) is 5.92 Å². The number of hydrogen-bond acceptors (Lipinski definition) is 4. The number of rotatable bonds is 2. The van der Waals surface area contributed by atoms with Crippen LogP contribution >= 0.6 is 0 Å². The first-order valence-electron chi connectivity index (χ1n) is 6.08. The Balaban J connectivity index is 1.84. The fourth-order valence-electron chi connectivity index (χ4n) is 2.44. The summed E-state index contributed by atoms with van der Waals surface area (Å²) in [7, 11) is 0. The highest BCUT2D eigenvalue weighted by molar-refractivity contribution is 5.85. The van der Waals surface area contributed by atoms with Crippen molar-refractivity contribution >= 4 is 16.8 Å². The minimum absolute atomic E-state index is 0.687. The number of benzene rings is 1. The van der Waals surface area contributed by atoms with Crippen molar-refractivity contribution in [1.82, 2.24) is 9.88 Å². The summed E-state index contributed by atoms with van der Waals surface area (Å²) in [5.74, 6) is 1.55. The quantitative estimate of drug-likeness (QED) is 0.805. The molecule has 4 heteroatoms. The van der Waals surface area contributed by atoms with Gasteiger partial charge in [-0.1, -0.05) is 13.0 Å². The Morgan fingerprint density at radius 1 is 1.53 bits per heavy atom. The van der Waals surface area contributed by atoms with E-state index in [4.69, 9.17) is 10.2 Å². The Morgan fingerprint density at radius 2 is 2.41 bits per heavy atom. The number of nitrogens with two attached hydrogens (primary N) is 1. The van der Waals surface area contributed by atoms with Crippen LogP contribution in [0.3, 0.4) is 0 Å². The molecule has 4 nitrogen and oxygen atoms in total. The molecule has 1 aliphatic heterocycles. The van der Waals surface area contributed by atoms with Gasteiger partial charge in [-0.05, 0) is 31.0 Å². The van der Waals surface area contributed by atoms with Crippen LogP contribution in [0.1, 0.15) is 19.2 Å². The van der Waals surface area contributed by atoms with Crippen molar-refractivity contribution in [1.29, 1.82) is 0 Å². The molecule has 2 heterocycles. The highest BCUT2D eigenvalue weighted by Crippen LogP contribution is 2.23. The highest BCUT2D eigenvalue weighted by Gasteiger charge is 2.20. The van der Waals surface area contributed by atoms with Gasteiger partial charge in [-0.3, -0.25) is 4.90 Å². The third kappa shape index (κ3) is 2.00. The molecule has 0 amide bonds. The summed E-state index contributed by atoms with van der Waals surface area (Å²) < 4.78 is 5.71. The van der Waals surface area contributed by atoms with E-state index in [0.717, 1.165) is 42.5 Å². The number of oxazole rings is 1. The van der Waals surface area contributed by atoms with Crippen LogP contribution in [0.4, 0.5) is 5.69 Å². The van der Waals surface area contributed by atoms with Crippen molar-refractivity contribution in [3.8, 4) is 0 Å². The predicted octanol–water partition coefficient (Wildman–Crippen LogP) is 2.25. The molecular weight excluding hydrogens is 214 g/mol. The second-order valence-electron chi connectivity index (χ2n) is 4.93. The third-order valence-corrected chi connectivity index (χ3v) is 3.36. The standard InChI is InChI=1S/C13H17N3O/c1-9-5-6-16(7-9)8-12-15-13-10(14)3-2-4-11(13)17-12/h2-4,9H,5-8,14H2,1H3. The number of likely N-dealkylation sites (tertiary alicyclic amines) is 1. The van der Waals surface area contributed by atoms with Crippen molar-refractivity contribution < 1.29 is 4.42 Å². The number of para-hydroxylation sites is 1. The van der Waals surface area contributed by atoms with Gasteiger partial charge in [-0.25, -0.2) is 4.98 Å². The Labute approximate surface area is 100 Å². The molecule has 0 bridgehead atoms. The highest BCUT2D eigenvalue weighted by atomic mass is 16.3. The van der Waals surface area contributed by atoms with E-state index in [1.807, 2.05) is 18.2 Å². The van der Waals surface area contributed by atoms with Crippen LogP contribution in [0.2, 0.25) is 0 Å². The maximum absolute atomic E-state index is 5.86. The first-order valence-corrected chi connectivity index (χ1v) is 6.08. The molecule has 1 aromatic carbocycles. The Morgan fingerprint density at radius 3 is 3.12 bits per heavy atom. The van der Waals surface area contributed by atoms with Crippen molar-refractivity contribution in [2.45, 2.75) is 19.9 Å². The largest absolute Gasteiger partial charge is 0.439 e. The summed E-state index contributed by atoms with van der Waals surface area (Å²) in [5, 5.41) is 0. The van der Waals surface area contributed by atoms with Crippen molar-refractivity contribution in [2.75, 3.05) is 18.8 Å². The Kier molecular flexibility index (Phi) is 2.52. The van der Waals surface area contributed by atoms with Gasteiger partial charge >= 0.3 is 0 Å². The fourth-order valence-corrected chi connectivity index (χ4v) is 2.44. The van der Waals surface area contributed by atoms with Gasteiger partial charge in [0.15, 0.2) is 5.58 Å². The molecule has 1 atom stereocenters. The van der Waals surface area contributed by atoms with Crippen LogP contribution in [-0.4, -0.2) is 23.0 Å². The first-order chi connectivity index (χ1) is 8.22. The van der Waals surface area contributed by atoms with Crippen molar-refractivity contribution in [3.05, 3.63) is 24.1 Å². The molecule has 0 radical (unpaired) electrons. The van der Waals surface area contributed by atoms with Gasteiger partial charge < -0.3 is 10.2 Å². The number of aromatic nitrogens is 1. The molecule has 0 spiro atoms. The van der Waals surface area contributed by atoms with E-state index in [-0.39, 0.29) is 0 Å². The van der Waals surface area contributed by atoms with Crippen LogP contribution in [0.15, 0.2) is 22.6 Å². The van der Waals surface area contributed by atoms with Crippen LogP contribution in [0.5, 0.6) is 0 Å². The molecule has 2 N–H and O–H groups in total. The fraction of sp³-hybridized carbons (Fsp3) is 0.462. The van der Waals surface area contributed by atoms with E-state index in [0.29, 0.717) is 5.69 Å². The lowest BCUT2D eigenvalue weighted by atomic mass is 10.2. The third-order valence-electron chi connectivity index (χ3n) is 3.36. The maximum atomic E-state index is 5.86.